The number of amides is 3. The van der Waals surface area contributed by atoms with Gasteiger partial charge in [-0.15, -0.1) is 0 Å². The van der Waals surface area contributed by atoms with E-state index in [-0.39, 0.29) is 35.7 Å². The molecule has 1 aromatic rings. The maximum atomic E-state index is 13.1. The Kier molecular flexibility index (Phi) is 5.88. The molecule has 1 aliphatic carbocycles. The Bertz CT molecular complexity index is 758. The van der Waals surface area contributed by atoms with Crippen molar-refractivity contribution in [2.24, 2.45) is 5.41 Å². The first-order chi connectivity index (χ1) is 14.1. The molecule has 4 rings (SSSR count). The van der Waals surface area contributed by atoms with Crippen LogP contribution in [0.4, 0.5) is 0 Å². The van der Waals surface area contributed by atoms with Crippen molar-refractivity contribution in [1.29, 1.82) is 0 Å². The SMILES string of the molecule is O=C(CN1C(=O)C2(CCCCC2)C1c1ccccc1)NCCCN1CCCC1=O. The fourth-order valence-corrected chi connectivity index (χ4v) is 5.37. The summed E-state index contributed by atoms with van der Waals surface area (Å²) in [6, 6.07) is 10.2. The average molecular weight is 398 g/mol. The lowest BCUT2D eigenvalue weighted by Gasteiger charge is -2.58. The molecule has 3 aliphatic rings. The van der Waals surface area contributed by atoms with Crippen LogP contribution in [-0.2, 0) is 14.4 Å². The topological polar surface area (TPSA) is 69.7 Å². The maximum absolute atomic E-state index is 13.1. The van der Waals surface area contributed by atoms with E-state index in [0.29, 0.717) is 19.5 Å². The fraction of sp³-hybridized carbons (Fsp3) is 0.609. The van der Waals surface area contributed by atoms with E-state index in [1.807, 2.05) is 23.1 Å². The number of rotatable bonds is 7. The summed E-state index contributed by atoms with van der Waals surface area (Å²) in [4.78, 5) is 40.9. The van der Waals surface area contributed by atoms with Gasteiger partial charge in [-0.2, -0.15) is 0 Å². The number of nitrogens with one attached hydrogen (secondary N) is 1. The summed E-state index contributed by atoms with van der Waals surface area (Å²) in [5, 5.41) is 2.93. The summed E-state index contributed by atoms with van der Waals surface area (Å²) < 4.78 is 0. The number of likely N-dealkylation sites (tertiary alicyclic amines) is 2. The number of benzene rings is 1. The lowest BCUT2D eigenvalue weighted by Crippen LogP contribution is -2.65. The number of hydrogen-bond acceptors (Lipinski definition) is 3. The van der Waals surface area contributed by atoms with Gasteiger partial charge in [-0.25, -0.2) is 0 Å². The molecule has 6 heteroatoms. The highest BCUT2D eigenvalue weighted by molar-refractivity contribution is 5.94. The molecule has 0 bridgehead atoms. The van der Waals surface area contributed by atoms with Crippen molar-refractivity contribution in [3.63, 3.8) is 0 Å². The van der Waals surface area contributed by atoms with Gasteiger partial charge in [0, 0.05) is 26.1 Å². The zero-order valence-electron chi connectivity index (χ0n) is 17.1. The molecule has 3 fully saturated rings. The summed E-state index contributed by atoms with van der Waals surface area (Å²) in [6.07, 6.45) is 7.54. The van der Waals surface area contributed by atoms with E-state index in [0.717, 1.165) is 50.6 Å². The van der Waals surface area contributed by atoms with Crippen LogP contribution >= 0.6 is 0 Å². The second-order valence-electron chi connectivity index (χ2n) is 8.65. The third kappa shape index (κ3) is 3.89. The Morgan fingerprint density at radius 3 is 2.52 bits per heavy atom. The van der Waals surface area contributed by atoms with Gasteiger partial charge in [-0.1, -0.05) is 49.6 Å². The van der Waals surface area contributed by atoms with E-state index in [1.54, 1.807) is 4.90 Å². The molecule has 1 N–H and O–H groups in total. The highest BCUT2D eigenvalue weighted by Crippen LogP contribution is 2.57. The van der Waals surface area contributed by atoms with Gasteiger partial charge in [-0.05, 0) is 31.2 Å². The van der Waals surface area contributed by atoms with Crippen LogP contribution in [0.15, 0.2) is 30.3 Å². The zero-order chi connectivity index (χ0) is 20.3. The van der Waals surface area contributed by atoms with Gasteiger partial charge in [0.2, 0.25) is 17.7 Å². The molecule has 1 unspecified atom stereocenters. The first kappa shape index (κ1) is 19.9. The normalized spacial score (nSPS) is 23.4. The maximum Gasteiger partial charge on any atom is 0.239 e. The van der Waals surface area contributed by atoms with Crippen LogP contribution in [0.3, 0.4) is 0 Å². The quantitative estimate of drug-likeness (QED) is 0.568. The zero-order valence-corrected chi connectivity index (χ0v) is 17.1. The van der Waals surface area contributed by atoms with Crippen LogP contribution < -0.4 is 5.32 Å². The van der Waals surface area contributed by atoms with Crippen molar-refractivity contribution in [1.82, 2.24) is 15.1 Å². The molecule has 6 nitrogen and oxygen atoms in total. The Morgan fingerprint density at radius 1 is 1.07 bits per heavy atom. The molecule has 1 aromatic carbocycles. The minimum atomic E-state index is -0.310. The molecule has 2 saturated heterocycles. The molecular weight excluding hydrogens is 366 g/mol. The van der Waals surface area contributed by atoms with Crippen LogP contribution in [0.5, 0.6) is 0 Å². The standard InChI is InChI=1S/C23H31N3O3/c27-19(24-14-8-16-25-15-7-11-20(25)28)17-26-21(18-9-3-1-4-10-18)23(22(26)29)12-5-2-6-13-23/h1,3-4,9-10,21H,2,5-8,11-17H2,(H,24,27). The van der Waals surface area contributed by atoms with Gasteiger partial charge in [0.25, 0.3) is 0 Å². The van der Waals surface area contributed by atoms with Crippen LogP contribution in [0, 0.1) is 5.41 Å². The van der Waals surface area contributed by atoms with Crippen LogP contribution in [0.1, 0.15) is 63.0 Å². The van der Waals surface area contributed by atoms with Crippen LogP contribution in [0.25, 0.3) is 0 Å². The van der Waals surface area contributed by atoms with Gasteiger partial charge < -0.3 is 15.1 Å². The largest absolute Gasteiger partial charge is 0.354 e. The van der Waals surface area contributed by atoms with E-state index in [2.05, 4.69) is 17.4 Å². The van der Waals surface area contributed by atoms with Crippen LogP contribution in [-0.4, -0.2) is 53.7 Å². The summed E-state index contributed by atoms with van der Waals surface area (Å²) >= 11 is 0. The van der Waals surface area contributed by atoms with Gasteiger partial charge in [0.1, 0.15) is 6.54 Å². The Balaban J connectivity index is 1.33. The van der Waals surface area contributed by atoms with Crippen molar-refractivity contribution in [2.75, 3.05) is 26.2 Å². The van der Waals surface area contributed by atoms with Crippen LogP contribution in [0.2, 0.25) is 0 Å². The molecule has 1 saturated carbocycles. The summed E-state index contributed by atoms with van der Waals surface area (Å²) in [7, 11) is 0. The van der Waals surface area contributed by atoms with Gasteiger partial charge >= 0.3 is 0 Å². The Morgan fingerprint density at radius 2 is 1.83 bits per heavy atom. The second-order valence-corrected chi connectivity index (χ2v) is 8.65. The predicted molar refractivity (Wildman–Crippen MR) is 110 cm³/mol. The number of carbonyl (C=O) groups is 3. The molecule has 3 amide bonds. The van der Waals surface area contributed by atoms with Crippen molar-refractivity contribution >= 4 is 17.7 Å². The number of nitrogens with zero attached hydrogens (tertiary/aromatic N) is 2. The smallest absolute Gasteiger partial charge is 0.239 e. The Hall–Kier alpha value is -2.37. The molecule has 2 aliphatic heterocycles. The first-order valence-electron chi connectivity index (χ1n) is 11.0. The summed E-state index contributed by atoms with van der Waals surface area (Å²) in [5.41, 5.74) is 0.824. The molecule has 156 valence electrons. The summed E-state index contributed by atoms with van der Waals surface area (Å²) in [5.74, 6) is 0.243. The second kappa shape index (κ2) is 8.56. The van der Waals surface area contributed by atoms with E-state index in [4.69, 9.17) is 0 Å². The number of carbonyl (C=O) groups excluding carboxylic acids is 3. The molecule has 0 aromatic heterocycles. The number of hydrogen-bond donors (Lipinski definition) is 1. The number of β-lactam (4-membered cyclic amide) rings is 1. The predicted octanol–water partition coefficient (Wildman–Crippen LogP) is 2.65. The third-order valence-electron chi connectivity index (χ3n) is 6.80. The highest BCUT2D eigenvalue weighted by atomic mass is 16.2. The van der Waals surface area contributed by atoms with E-state index >= 15 is 0 Å². The summed E-state index contributed by atoms with van der Waals surface area (Å²) in [6.45, 7) is 2.17. The van der Waals surface area contributed by atoms with Crippen molar-refractivity contribution in [2.45, 2.75) is 57.4 Å². The van der Waals surface area contributed by atoms with Gasteiger partial charge in [0.15, 0.2) is 0 Å². The van der Waals surface area contributed by atoms with E-state index in [1.165, 1.54) is 6.42 Å². The Labute approximate surface area is 172 Å². The van der Waals surface area contributed by atoms with Crippen molar-refractivity contribution in [3.05, 3.63) is 35.9 Å². The average Bonchev–Trinajstić information content (AvgIpc) is 3.16. The minimum absolute atomic E-state index is 0.00414. The van der Waals surface area contributed by atoms with Gasteiger partial charge in [-0.3, -0.25) is 14.4 Å². The lowest BCUT2D eigenvalue weighted by molar-refractivity contribution is -0.180. The molecule has 0 radical (unpaired) electrons. The molecular formula is C23H31N3O3. The fourth-order valence-electron chi connectivity index (χ4n) is 5.37. The van der Waals surface area contributed by atoms with E-state index < -0.39 is 0 Å². The van der Waals surface area contributed by atoms with E-state index in [9.17, 15) is 14.4 Å². The minimum Gasteiger partial charge on any atom is -0.354 e. The molecule has 1 atom stereocenters. The highest BCUT2D eigenvalue weighted by Gasteiger charge is 2.60. The molecule has 2 heterocycles. The molecule has 1 spiro atoms. The lowest BCUT2D eigenvalue weighted by atomic mass is 9.60. The molecule has 29 heavy (non-hydrogen) atoms. The third-order valence-corrected chi connectivity index (χ3v) is 6.80. The monoisotopic (exact) mass is 397 g/mol. The first-order valence-corrected chi connectivity index (χ1v) is 11.0. The van der Waals surface area contributed by atoms with Crippen molar-refractivity contribution in [3.8, 4) is 0 Å². The van der Waals surface area contributed by atoms with Crippen molar-refractivity contribution < 1.29 is 14.4 Å². The van der Waals surface area contributed by atoms with Gasteiger partial charge in [0.05, 0.1) is 11.5 Å².